The van der Waals surface area contributed by atoms with E-state index in [2.05, 4.69) is 22.0 Å². The second-order valence-corrected chi connectivity index (χ2v) is 5.03. The fourth-order valence-corrected chi connectivity index (χ4v) is 2.15. The summed E-state index contributed by atoms with van der Waals surface area (Å²) in [4.78, 5) is 11.1. The maximum absolute atomic E-state index is 11.1. The van der Waals surface area contributed by atoms with Crippen LogP contribution in [-0.2, 0) is 11.2 Å². The van der Waals surface area contributed by atoms with Crippen molar-refractivity contribution >= 4 is 21.9 Å². The van der Waals surface area contributed by atoms with E-state index in [0.29, 0.717) is 12.0 Å². The van der Waals surface area contributed by atoms with E-state index >= 15 is 0 Å². The second-order valence-electron chi connectivity index (χ2n) is 4.18. The third-order valence-corrected chi connectivity index (χ3v) is 3.78. The highest BCUT2D eigenvalue weighted by atomic mass is 79.9. The van der Waals surface area contributed by atoms with Crippen LogP contribution in [0.15, 0.2) is 22.7 Å². The highest BCUT2D eigenvalue weighted by molar-refractivity contribution is 9.10. The first kappa shape index (κ1) is 11.2. The number of rotatable bonds is 3. The molecule has 1 aromatic carbocycles. The molecule has 0 atom stereocenters. The molecule has 82 valence electrons. The van der Waals surface area contributed by atoms with E-state index in [4.69, 9.17) is 10.4 Å². The zero-order valence-electron chi connectivity index (χ0n) is 8.53. The molecule has 0 spiro atoms. The largest absolute Gasteiger partial charge is 0.481 e. The lowest BCUT2D eigenvalue weighted by Crippen LogP contribution is -2.17. The summed E-state index contributed by atoms with van der Waals surface area (Å²) in [5.74, 6) is -0.734. The van der Waals surface area contributed by atoms with E-state index in [1.807, 2.05) is 0 Å². The van der Waals surface area contributed by atoms with Gasteiger partial charge < -0.3 is 5.11 Å². The van der Waals surface area contributed by atoms with Crippen molar-refractivity contribution in [1.29, 1.82) is 5.26 Å². The number of benzene rings is 1. The van der Waals surface area contributed by atoms with Crippen LogP contribution >= 0.6 is 15.9 Å². The highest BCUT2D eigenvalue weighted by Crippen LogP contribution is 2.49. The van der Waals surface area contributed by atoms with Crippen molar-refractivity contribution in [2.45, 2.75) is 19.3 Å². The van der Waals surface area contributed by atoms with E-state index in [1.54, 1.807) is 18.2 Å². The average Bonchev–Trinajstić information content (AvgIpc) is 3.02. The van der Waals surface area contributed by atoms with Crippen molar-refractivity contribution in [3.8, 4) is 6.07 Å². The summed E-state index contributed by atoms with van der Waals surface area (Å²) >= 11 is 3.39. The fourth-order valence-electron chi connectivity index (χ4n) is 1.76. The van der Waals surface area contributed by atoms with E-state index in [1.165, 1.54) is 0 Å². The molecule has 1 aromatic rings. The molecule has 0 unspecified atom stereocenters. The Hall–Kier alpha value is -1.34. The van der Waals surface area contributed by atoms with Gasteiger partial charge in [0.05, 0.1) is 17.0 Å². The first-order valence-electron chi connectivity index (χ1n) is 4.99. The molecule has 0 aromatic heterocycles. The van der Waals surface area contributed by atoms with Crippen LogP contribution in [0.25, 0.3) is 0 Å². The number of carboxylic acids is 1. The maximum Gasteiger partial charge on any atom is 0.309 e. The molecule has 1 saturated carbocycles. The molecule has 1 fully saturated rings. The third kappa shape index (κ3) is 1.96. The Balaban J connectivity index is 2.28. The van der Waals surface area contributed by atoms with E-state index < -0.39 is 11.4 Å². The molecule has 16 heavy (non-hydrogen) atoms. The summed E-state index contributed by atoms with van der Waals surface area (Å²) in [6, 6.07) is 7.33. The molecule has 1 N–H and O–H groups in total. The second kappa shape index (κ2) is 3.91. The van der Waals surface area contributed by atoms with Crippen LogP contribution in [0.1, 0.15) is 24.0 Å². The van der Waals surface area contributed by atoms with Crippen LogP contribution in [0.3, 0.4) is 0 Å². The van der Waals surface area contributed by atoms with Gasteiger partial charge in [-0.25, -0.2) is 0 Å². The zero-order valence-corrected chi connectivity index (χ0v) is 10.1. The molecule has 0 amide bonds. The van der Waals surface area contributed by atoms with Crippen molar-refractivity contribution < 1.29 is 9.90 Å². The molecule has 1 aliphatic rings. The normalized spacial score (nSPS) is 16.5. The van der Waals surface area contributed by atoms with Gasteiger partial charge in [-0.1, -0.05) is 15.9 Å². The minimum Gasteiger partial charge on any atom is -0.481 e. The molecule has 2 rings (SSSR count). The highest BCUT2D eigenvalue weighted by Gasteiger charge is 2.50. The molecular weight excluding hydrogens is 270 g/mol. The Morgan fingerprint density at radius 1 is 1.56 bits per heavy atom. The van der Waals surface area contributed by atoms with Crippen LogP contribution in [0.4, 0.5) is 0 Å². The smallest absolute Gasteiger partial charge is 0.309 e. The van der Waals surface area contributed by atoms with Gasteiger partial charge in [0, 0.05) is 4.47 Å². The van der Waals surface area contributed by atoms with Crippen molar-refractivity contribution in [3.63, 3.8) is 0 Å². The Labute approximate surface area is 102 Å². The standard InChI is InChI=1S/C12H10BrNO2/c13-10-2-1-8(7-14)5-9(10)6-12(3-4-12)11(15)16/h1-2,5H,3-4,6H2,(H,15,16). The van der Waals surface area contributed by atoms with Crippen LogP contribution in [0.2, 0.25) is 0 Å². The lowest BCUT2D eigenvalue weighted by atomic mass is 9.96. The number of hydrogen-bond acceptors (Lipinski definition) is 2. The van der Waals surface area contributed by atoms with Crippen molar-refractivity contribution in [1.82, 2.24) is 0 Å². The first-order valence-corrected chi connectivity index (χ1v) is 5.79. The van der Waals surface area contributed by atoms with Gasteiger partial charge in [0.15, 0.2) is 0 Å². The quantitative estimate of drug-likeness (QED) is 0.926. The molecular formula is C12H10BrNO2. The van der Waals surface area contributed by atoms with Gasteiger partial charge in [0.1, 0.15) is 0 Å². The summed E-state index contributed by atoms with van der Waals surface area (Å²) in [5, 5.41) is 17.9. The number of nitrogens with zero attached hydrogens (tertiary/aromatic N) is 1. The summed E-state index contributed by atoms with van der Waals surface area (Å²) < 4.78 is 0.874. The number of aliphatic carboxylic acids is 1. The van der Waals surface area contributed by atoms with Crippen LogP contribution in [0.5, 0.6) is 0 Å². The van der Waals surface area contributed by atoms with Gasteiger partial charge in [-0.2, -0.15) is 5.26 Å². The predicted octanol–water partition coefficient (Wildman–Crippen LogP) is 2.73. The van der Waals surface area contributed by atoms with E-state index in [-0.39, 0.29) is 0 Å². The zero-order chi connectivity index (χ0) is 11.8. The van der Waals surface area contributed by atoms with Gasteiger partial charge in [-0.05, 0) is 43.0 Å². The Morgan fingerprint density at radius 3 is 2.75 bits per heavy atom. The average molecular weight is 280 g/mol. The topological polar surface area (TPSA) is 61.1 Å². The van der Waals surface area contributed by atoms with Gasteiger partial charge in [0.2, 0.25) is 0 Å². The Kier molecular flexibility index (Phi) is 2.73. The Bertz CT molecular complexity index is 486. The third-order valence-electron chi connectivity index (χ3n) is 3.01. The molecule has 0 aliphatic heterocycles. The van der Waals surface area contributed by atoms with Crippen molar-refractivity contribution in [2.24, 2.45) is 5.41 Å². The van der Waals surface area contributed by atoms with Crippen LogP contribution in [-0.4, -0.2) is 11.1 Å². The fraction of sp³-hybridized carbons (Fsp3) is 0.333. The van der Waals surface area contributed by atoms with Gasteiger partial charge >= 0.3 is 5.97 Å². The molecule has 4 heteroatoms. The van der Waals surface area contributed by atoms with Crippen LogP contribution < -0.4 is 0 Å². The summed E-state index contributed by atoms with van der Waals surface area (Å²) in [6.45, 7) is 0. The minimum absolute atomic E-state index is 0.498. The maximum atomic E-state index is 11.1. The molecule has 1 aliphatic carbocycles. The number of hydrogen-bond donors (Lipinski definition) is 1. The Morgan fingerprint density at radius 2 is 2.25 bits per heavy atom. The molecule has 0 heterocycles. The SMILES string of the molecule is N#Cc1ccc(Br)c(CC2(C(=O)O)CC2)c1. The number of nitriles is 1. The predicted molar refractivity (Wildman–Crippen MR) is 61.9 cm³/mol. The van der Waals surface area contributed by atoms with Crippen molar-refractivity contribution in [3.05, 3.63) is 33.8 Å². The van der Waals surface area contributed by atoms with Gasteiger partial charge in [-0.3, -0.25) is 4.79 Å². The van der Waals surface area contributed by atoms with Gasteiger partial charge in [-0.15, -0.1) is 0 Å². The van der Waals surface area contributed by atoms with E-state index in [9.17, 15) is 4.79 Å². The number of halogens is 1. The number of carbonyl (C=O) groups is 1. The summed E-state index contributed by atoms with van der Waals surface area (Å²) in [6.07, 6.45) is 1.95. The van der Waals surface area contributed by atoms with Crippen molar-refractivity contribution in [2.75, 3.05) is 0 Å². The first-order chi connectivity index (χ1) is 7.57. The molecule has 3 nitrogen and oxygen atoms in total. The molecule has 0 bridgehead atoms. The van der Waals surface area contributed by atoms with Gasteiger partial charge in [0.25, 0.3) is 0 Å². The lowest BCUT2D eigenvalue weighted by Gasteiger charge is -2.11. The lowest BCUT2D eigenvalue weighted by molar-refractivity contribution is -0.143. The number of carboxylic acid groups (broad SMARTS) is 1. The molecule has 0 saturated heterocycles. The minimum atomic E-state index is -0.734. The summed E-state index contributed by atoms with van der Waals surface area (Å²) in [7, 11) is 0. The monoisotopic (exact) mass is 279 g/mol. The molecule has 0 radical (unpaired) electrons. The van der Waals surface area contributed by atoms with E-state index in [0.717, 1.165) is 22.9 Å². The van der Waals surface area contributed by atoms with Crippen LogP contribution in [0, 0.1) is 16.7 Å². The summed E-state index contributed by atoms with van der Waals surface area (Å²) in [5.41, 5.74) is 0.884.